The molecule has 0 N–H and O–H groups in total. The number of halogens is 1. The van der Waals surface area contributed by atoms with Crippen molar-refractivity contribution in [3.8, 4) is 5.75 Å². The van der Waals surface area contributed by atoms with Crippen LogP contribution in [-0.4, -0.2) is 59.1 Å². The Hall–Kier alpha value is -3.23. The molecule has 4 rings (SSSR count). The molecule has 0 bridgehead atoms. The molecule has 1 aliphatic heterocycles. The standard InChI is InChI=1S/C25H26ClN3O4S/c1-33-24-10-6-5-9-23(24)27-15-17-28(18-16-27)25(30)19-29(21-7-3-2-4-8-21)34(31,32)22-13-11-20(26)12-14-22/h2-14H,15-19H2,1H3. The van der Waals surface area contributed by atoms with E-state index in [1.54, 1.807) is 42.3 Å². The summed E-state index contributed by atoms with van der Waals surface area (Å²) >= 11 is 5.94. The van der Waals surface area contributed by atoms with E-state index in [0.29, 0.717) is 36.9 Å². The van der Waals surface area contributed by atoms with Gasteiger partial charge in [-0.1, -0.05) is 41.9 Å². The van der Waals surface area contributed by atoms with Gasteiger partial charge in [-0.05, 0) is 48.5 Å². The number of nitrogens with zero attached hydrogens (tertiary/aromatic N) is 3. The number of carbonyl (C=O) groups is 1. The van der Waals surface area contributed by atoms with Crippen LogP contribution >= 0.6 is 11.6 Å². The Morgan fingerprint density at radius 2 is 1.53 bits per heavy atom. The van der Waals surface area contributed by atoms with Gasteiger partial charge in [0.1, 0.15) is 12.3 Å². The van der Waals surface area contributed by atoms with Crippen LogP contribution in [0.25, 0.3) is 0 Å². The van der Waals surface area contributed by atoms with Crippen LogP contribution in [-0.2, 0) is 14.8 Å². The van der Waals surface area contributed by atoms with Crippen molar-refractivity contribution in [1.82, 2.24) is 4.90 Å². The van der Waals surface area contributed by atoms with Crippen LogP contribution < -0.4 is 13.9 Å². The minimum Gasteiger partial charge on any atom is -0.495 e. The number of rotatable bonds is 7. The van der Waals surface area contributed by atoms with Gasteiger partial charge in [-0.3, -0.25) is 9.10 Å². The number of piperazine rings is 1. The first-order valence-corrected chi connectivity index (χ1v) is 12.7. The second-order valence-electron chi connectivity index (χ2n) is 7.84. The van der Waals surface area contributed by atoms with Gasteiger partial charge >= 0.3 is 0 Å². The highest BCUT2D eigenvalue weighted by Gasteiger charge is 2.30. The molecule has 9 heteroatoms. The zero-order valence-corrected chi connectivity index (χ0v) is 20.4. The normalized spacial score (nSPS) is 14.1. The minimum atomic E-state index is -3.97. The highest BCUT2D eigenvalue weighted by molar-refractivity contribution is 7.92. The SMILES string of the molecule is COc1ccccc1N1CCN(C(=O)CN(c2ccccc2)S(=O)(=O)c2ccc(Cl)cc2)CC1. The van der Waals surface area contributed by atoms with Gasteiger partial charge in [0.05, 0.1) is 23.4 Å². The predicted octanol–water partition coefficient (Wildman–Crippen LogP) is 3.89. The Balaban J connectivity index is 1.51. The predicted molar refractivity (Wildman–Crippen MR) is 134 cm³/mol. The van der Waals surface area contributed by atoms with Crippen LogP contribution in [0, 0.1) is 0 Å². The maximum atomic E-state index is 13.5. The average molecular weight is 500 g/mol. The molecule has 1 saturated heterocycles. The van der Waals surface area contributed by atoms with Crippen molar-refractivity contribution >= 4 is 38.9 Å². The summed E-state index contributed by atoms with van der Waals surface area (Å²) in [6.07, 6.45) is 0. The number of benzene rings is 3. The third kappa shape index (κ3) is 5.13. The maximum absolute atomic E-state index is 13.5. The molecule has 7 nitrogen and oxygen atoms in total. The van der Waals surface area contributed by atoms with Crippen molar-refractivity contribution in [1.29, 1.82) is 0 Å². The van der Waals surface area contributed by atoms with Crippen molar-refractivity contribution in [2.45, 2.75) is 4.90 Å². The van der Waals surface area contributed by atoms with Gasteiger partial charge in [0.25, 0.3) is 10.0 Å². The maximum Gasteiger partial charge on any atom is 0.264 e. The number of carbonyl (C=O) groups excluding carboxylic acids is 1. The van der Waals surface area contributed by atoms with Crippen LogP contribution in [0.3, 0.4) is 0 Å². The average Bonchev–Trinajstić information content (AvgIpc) is 2.88. The lowest BCUT2D eigenvalue weighted by molar-refractivity contribution is -0.129. The van der Waals surface area contributed by atoms with Crippen molar-refractivity contribution in [2.75, 3.05) is 49.0 Å². The summed E-state index contributed by atoms with van der Waals surface area (Å²) in [5.74, 6) is 0.535. The summed E-state index contributed by atoms with van der Waals surface area (Å²) in [6, 6.07) is 22.4. The van der Waals surface area contributed by atoms with Crippen LogP contribution in [0.4, 0.5) is 11.4 Å². The van der Waals surface area contributed by atoms with Gasteiger partial charge in [0.2, 0.25) is 5.91 Å². The van der Waals surface area contributed by atoms with E-state index >= 15 is 0 Å². The molecule has 3 aromatic rings. The molecule has 0 saturated carbocycles. The Kier molecular flexibility index (Phi) is 7.29. The number of anilines is 2. The zero-order chi connectivity index (χ0) is 24.1. The zero-order valence-electron chi connectivity index (χ0n) is 18.8. The first kappa shape index (κ1) is 23.9. The Morgan fingerprint density at radius 3 is 2.18 bits per heavy atom. The summed E-state index contributed by atoms with van der Waals surface area (Å²) in [5, 5.41) is 0.439. The van der Waals surface area contributed by atoms with Gasteiger partial charge < -0.3 is 14.5 Å². The fraction of sp³-hybridized carbons (Fsp3) is 0.240. The van der Waals surface area contributed by atoms with Gasteiger partial charge in [-0.15, -0.1) is 0 Å². The number of methoxy groups -OCH3 is 1. The van der Waals surface area contributed by atoms with E-state index in [4.69, 9.17) is 16.3 Å². The number of hydrogen-bond acceptors (Lipinski definition) is 5. The van der Waals surface area contributed by atoms with E-state index in [1.165, 1.54) is 24.3 Å². The van der Waals surface area contributed by atoms with E-state index in [-0.39, 0.29) is 17.3 Å². The molecule has 3 aromatic carbocycles. The second-order valence-corrected chi connectivity index (χ2v) is 10.1. The largest absolute Gasteiger partial charge is 0.495 e. The van der Waals surface area contributed by atoms with Gasteiger partial charge in [0.15, 0.2) is 0 Å². The van der Waals surface area contributed by atoms with Crippen LogP contribution in [0.15, 0.2) is 83.8 Å². The first-order chi connectivity index (χ1) is 16.4. The van der Waals surface area contributed by atoms with Crippen LogP contribution in [0.1, 0.15) is 0 Å². The van der Waals surface area contributed by atoms with E-state index in [9.17, 15) is 13.2 Å². The lowest BCUT2D eigenvalue weighted by Crippen LogP contribution is -2.52. The molecule has 0 atom stereocenters. The summed E-state index contributed by atoms with van der Waals surface area (Å²) in [7, 11) is -2.33. The van der Waals surface area contributed by atoms with Crippen molar-refractivity contribution in [3.05, 3.63) is 83.9 Å². The minimum absolute atomic E-state index is 0.0783. The molecule has 0 spiro atoms. The molecule has 0 aliphatic carbocycles. The molecule has 0 unspecified atom stereocenters. The van der Waals surface area contributed by atoms with Gasteiger partial charge in [0, 0.05) is 31.2 Å². The smallest absolute Gasteiger partial charge is 0.264 e. The quantitative estimate of drug-likeness (QED) is 0.493. The Morgan fingerprint density at radius 1 is 0.912 bits per heavy atom. The number of hydrogen-bond donors (Lipinski definition) is 0. The van der Waals surface area contributed by atoms with E-state index in [0.717, 1.165) is 15.7 Å². The van der Waals surface area contributed by atoms with Crippen molar-refractivity contribution < 1.29 is 17.9 Å². The van der Waals surface area contributed by atoms with E-state index < -0.39 is 10.0 Å². The molecule has 34 heavy (non-hydrogen) atoms. The topological polar surface area (TPSA) is 70.2 Å². The summed E-state index contributed by atoms with van der Waals surface area (Å²) in [5.41, 5.74) is 1.41. The Labute approximate surface area is 205 Å². The van der Waals surface area contributed by atoms with E-state index in [2.05, 4.69) is 4.90 Å². The molecular weight excluding hydrogens is 474 g/mol. The van der Waals surface area contributed by atoms with E-state index in [1.807, 2.05) is 24.3 Å². The summed E-state index contributed by atoms with van der Waals surface area (Å²) < 4.78 is 33.5. The van der Waals surface area contributed by atoms with Crippen LogP contribution in [0.2, 0.25) is 5.02 Å². The molecule has 178 valence electrons. The molecule has 0 aromatic heterocycles. The number of para-hydroxylation sites is 3. The highest BCUT2D eigenvalue weighted by atomic mass is 35.5. The first-order valence-electron chi connectivity index (χ1n) is 10.9. The van der Waals surface area contributed by atoms with Gasteiger partial charge in [-0.25, -0.2) is 8.42 Å². The lowest BCUT2D eigenvalue weighted by Gasteiger charge is -2.37. The second kappa shape index (κ2) is 10.4. The van der Waals surface area contributed by atoms with Crippen LogP contribution in [0.5, 0.6) is 5.75 Å². The monoisotopic (exact) mass is 499 g/mol. The summed E-state index contributed by atoms with van der Waals surface area (Å²) in [6.45, 7) is 1.94. The highest BCUT2D eigenvalue weighted by Crippen LogP contribution is 2.29. The molecule has 1 aliphatic rings. The fourth-order valence-electron chi connectivity index (χ4n) is 3.95. The third-order valence-electron chi connectivity index (χ3n) is 5.78. The molecular formula is C25H26ClN3O4S. The molecule has 0 radical (unpaired) electrons. The van der Waals surface area contributed by atoms with Gasteiger partial charge in [-0.2, -0.15) is 0 Å². The third-order valence-corrected chi connectivity index (χ3v) is 7.82. The molecule has 1 fully saturated rings. The number of amides is 1. The molecule has 1 heterocycles. The summed E-state index contributed by atoms with van der Waals surface area (Å²) in [4.78, 5) is 17.2. The molecule has 1 amide bonds. The van der Waals surface area contributed by atoms with Crippen molar-refractivity contribution in [3.63, 3.8) is 0 Å². The Bertz CT molecular complexity index is 1230. The lowest BCUT2D eigenvalue weighted by atomic mass is 10.2. The number of ether oxygens (including phenoxy) is 1. The number of sulfonamides is 1. The van der Waals surface area contributed by atoms with Crippen molar-refractivity contribution in [2.24, 2.45) is 0 Å². The fourth-order valence-corrected chi connectivity index (χ4v) is 5.49.